The first-order valence-corrected chi connectivity index (χ1v) is 8.70. The highest BCUT2D eigenvalue weighted by atomic mass is 16.3. The summed E-state index contributed by atoms with van der Waals surface area (Å²) in [6, 6.07) is 12.7. The second-order valence-corrected chi connectivity index (χ2v) is 6.25. The van der Waals surface area contributed by atoms with E-state index in [1.165, 1.54) is 0 Å². The Bertz CT molecular complexity index is 1190. The molecule has 0 aliphatic carbocycles. The van der Waals surface area contributed by atoms with Crippen molar-refractivity contribution in [3.63, 3.8) is 0 Å². The number of benzene rings is 1. The molecule has 9 heteroatoms. The third-order valence-electron chi connectivity index (χ3n) is 4.16. The van der Waals surface area contributed by atoms with Crippen LogP contribution in [0.3, 0.4) is 0 Å². The number of imidazole rings is 1. The van der Waals surface area contributed by atoms with Gasteiger partial charge in [-0.2, -0.15) is 0 Å². The van der Waals surface area contributed by atoms with Crippen LogP contribution in [0.5, 0.6) is 0 Å². The Labute approximate surface area is 158 Å². The van der Waals surface area contributed by atoms with E-state index in [4.69, 9.17) is 4.42 Å². The van der Waals surface area contributed by atoms with Gasteiger partial charge >= 0.3 is 5.69 Å². The Hall–Kier alpha value is -3.88. The monoisotopic (exact) mass is 379 g/mol. The van der Waals surface area contributed by atoms with E-state index in [-0.39, 0.29) is 36.9 Å². The molecule has 0 unspecified atom stereocenters. The van der Waals surface area contributed by atoms with Crippen LogP contribution < -0.4 is 16.3 Å². The molecule has 1 aromatic carbocycles. The molecule has 4 N–H and O–H groups in total. The molecule has 142 valence electrons. The van der Waals surface area contributed by atoms with Crippen molar-refractivity contribution in [3.8, 4) is 0 Å². The number of aromatic amines is 2. The minimum absolute atomic E-state index is 0.00926. The third kappa shape index (κ3) is 3.93. The number of nitrogens with one attached hydrogen (secondary N) is 4. The van der Waals surface area contributed by atoms with Gasteiger partial charge in [0.25, 0.3) is 0 Å². The summed E-state index contributed by atoms with van der Waals surface area (Å²) in [6.07, 6.45) is 0.0463. The first-order valence-electron chi connectivity index (χ1n) is 8.70. The summed E-state index contributed by atoms with van der Waals surface area (Å²) < 4.78 is 5.63. The molecule has 0 aliphatic heterocycles. The van der Waals surface area contributed by atoms with Crippen LogP contribution in [0.1, 0.15) is 18.6 Å². The van der Waals surface area contributed by atoms with E-state index in [0.717, 1.165) is 11.0 Å². The second-order valence-electron chi connectivity index (χ2n) is 6.25. The summed E-state index contributed by atoms with van der Waals surface area (Å²) >= 11 is 0. The molecule has 2 amide bonds. The summed E-state index contributed by atoms with van der Waals surface area (Å²) in [5.41, 5.74) is 1.30. The van der Waals surface area contributed by atoms with E-state index >= 15 is 0 Å². The molecule has 0 aliphatic rings. The van der Waals surface area contributed by atoms with Gasteiger partial charge in [0.1, 0.15) is 17.2 Å². The van der Waals surface area contributed by atoms with Gasteiger partial charge in [-0.05, 0) is 24.3 Å². The Morgan fingerprint density at radius 2 is 1.86 bits per heavy atom. The van der Waals surface area contributed by atoms with Crippen molar-refractivity contribution in [2.45, 2.75) is 19.4 Å². The molecule has 0 saturated heterocycles. The van der Waals surface area contributed by atoms with Crippen LogP contribution in [0.25, 0.3) is 22.1 Å². The van der Waals surface area contributed by atoms with E-state index in [0.29, 0.717) is 22.7 Å². The number of anilines is 1. The van der Waals surface area contributed by atoms with Crippen molar-refractivity contribution in [2.24, 2.45) is 0 Å². The molecule has 0 radical (unpaired) electrons. The molecular weight excluding hydrogens is 362 g/mol. The molecule has 3 heterocycles. The fraction of sp³-hybridized carbons (Fsp3) is 0.158. The molecular formula is C19H17N5O4. The zero-order valence-electron chi connectivity index (χ0n) is 14.7. The lowest BCUT2D eigenvalue weighted by molar-refractivity contribution is -0.124. The Morgan fingerprint density at radius 3 is 2.71 bits per heavy atom. The maximum absolute atomic E-state index is 12.0. The van der Waals surface area contributed by atoms with Gasteiger partial charge in [0.15, 0.2) is 5.65 Å². The highest BCUT2D eigenvalue weighted by Gasteiger charge is 2.10. The average Bonchev–Trinajstić information content (AvgIpc) is 3.26. The number of aromatic nitrogens is 3. The van der Waals surface area contributed by atoms with E-state index < -0.39 is 0 Å². The smallest absolute Gasteiger partial charge is 0.325 e. The van der Waals surface area contributed by atoms with Gasteiger partial charge in [-0.25, -0.2) is 9.78 Å². The first-order chi connectivity index (χ1) is 13.6. The standard InChI is InChI=1S/C19H17N5O4/c25-16(20-10-12-9-11-3-1-2-4-14(11)28-12)7-8-17(26)22-15-6-5-13-18(23-15)24-19(27)21-13/h1-6,9H,7-8,10H2,(H,20,25)(H3,21,22,23,24,26,27). The van der Waals surface area contributed by atoms with Crippen LogP contribution >= 0.6 is 0 Å². The molecule has 3 aromatic heterocycles. The van der Waals surface area contributed by atoms with Gasteiger partial charge in [-0.15, -0.1) is 0 Å². The van der Waals surface area contributed by atoms with E-state index in [2.05, 4.69) is 25.6 Å². The van der Waals surface area contributed by atoms with Crippen molar-refractivity contribution in [2.75, 3.05) is 5.32 Å². The zero-order valence-corrected chi connectivity index (χ0v) is 14.7. The molecule has 0 saturated carbocycles. The van der Waals surface area contributed by atoms with Crippen LogP contribution in [-0.4, -0.2) is 26.8 Å². The predicted molar refractivity (Wildman–Crippen MR) is 103 cm³/mol. The molecule has 0 fully saturated rings. The van der Waals surface area contributed by atoms with Crippen molar-refractivity contribution in [1.82, 2.24) is 20.3 Å². The second kappa shape index (κ2) is 7.39. The molecule has 0 spiro atoms. The Kier molecular flexibility index (Phi) is 4.63. The maximum Gasteiger partial charge on any atom is 0.325 e. The number of rotatable bonds is 6. The number of pyridine rings is 1. The number of H-pyrrole nitrogens is 2. The predicted octanol–water partition coefficient (Wildman–Crippen LogP) is 2.03. The Morgan fingerprint density at radius 1 is 1.04 bits per heavy atom. The molecule has 4 rings (SSSR count). The third-order valence-corrected chi connectivity index (χ3v) is 4.16. The number of nitrogens with zero attached hydrogens (tertiary/aromatic N) is 1. The van der Waals surface area contributed by atoms with Crippen LogP contribution in [0.4, 0.5) is 5.82 Å². The van der Waals surface area contributed by atoms with Crippen LogP contribution in [-0.2, 0) is 16.1 Å². The number of hydrogen-bond donors (Lipinski definition) is 4. The lowest BCUT2D eigenvalue weighted by atomic mass is 10.2. The summed E-state index contributed by atoms with van der Waals surface area (Å²) in [5, 5.41) is 6.31. The highest BCUT2D eigenvalue weighted by Crippen LogP contribution is 2.18. The van der Waals surface area contributed by atoms with Gasteiger partial charge in [0.05, 0.1) is 12.1 Å². The lowest BCUT2D eigenvalue weighted by Crippen LogP contribution is -2.24. The van der Waals surface area contributed by atoms with Gasteiger partial charge < -0.3 is 20.0 Å². The number of fused-ring (bicyclic) bond motifs is 2. The van der Waals surface area contributed by atoms with Crippen molar-refractivity contribution in [3.05, 3.63) is 58.7 Å². The minimum Gasteiger partial charge on any atom is -0.459 e. The van der Waals surface area contributed by atoms with Gasteiger partial charge in [0, 0.05) is 18.2 Å². The topological polar surface area (TPSA) is 133 Å². The van der Waals surface area contributed by atoms with Gasteiger partial charge in [-0.3, -0.25) is 14.6 Å². The number of para-hydroxylation sites is 1. The summed E-state index contributed by atoms with van der Waals surface area (Å²) in [4.78, 5) is 44.4. The number of furan rings is 1. The molecule has 0 bridgehead atoms. The van der Waals surface area contributed by atoms with E-state index in [1.807, 2.05) is 30.3 Å². The summed E-state index contributed by atoms with van der Waals surface area (Å²) in [5.74, 6) is 0.352. The maximum atomic E-state index is 12.0. The molecule has 28 heavy (non-hydrogen) atoms. The number of carbonyl (C=O) groups is 2. The van der Waals surface area contributed by atoms with Crippen molar-refractivity contribution < 1.29 is 14.0 Å². The summed E-state index contributed by atoms with van der Waals surface area (Å²) in [6.45, 7) is 0.258. The summed E-state index contributed by atoms with van der Waals surface area (Å²) in [7, 11) is 0. The normalized spacial score (nSPS) is 11.0. The quantitative estimate of drug-likeness (QED) is 0.407. The Balaban J connectivity index is 1.26. The van der Waals surface area contributed by atoms with Crippen molar-refractivity contribution in [1.29, 1.82) is 0 Å². The van der Waals surface area contributed by atoms with Crippen LogP contribution in [0, 0.1) is 0 Å². The number of hydrogen-bond acceptors (Lipinski definition) is 5. The fourth-order valence-corrected chi connectivity index (χ4v) is 2.82. The average molecular weight is 379 g/mol. The fourth-order valence-electron chi connectivity index (χ4n) is 2.82. The van der Waals surface area contributed by atoms with Crippen LogP contribution in [0.15, 0.2) is 51.7 Å². The molecule has 9 nitrogen and oxygen atoms in total. The number of carbonyl (C=O) groups excluding carboxylic acids is 2. The first kappa shape index (κ1) is 17.5. The van der Waals surface area contributed by atoms with E-state index in [1.54, 1.807) is 12.1 Å². The van der Waals surface area contributed by atoms with Crippen LogP contribution in [0.2, 0.25) is 0 Å². The number of amides is 2. The SMILES string of the molecule is O=C(CCC(=O)Nc1ccc2[nH]c(=O)[nH]c2n1)NCc1cc2ccccc2o1. The minimum atomic E-state index is -0.368. The van der Waals surface area contributed by atoms with Crippen molar-refractivity contribution >= 4 is 39.8 Å². The highest BCUT2D eigenvalue weighted by molar-refractivity contribution is 5.93. The van der Waals surface area contributed by atoms with E-state index in [9.17, 15) is 14.4 Å². The largest absolute Gasteiger partial charge is 0.459 e. The van der Waals surface area contributed by atoms with Gasteiger partial charge in [-0.1, -0.05) is 18.2 Å². The molecule has 4 aromatic rings. The zero-order chi connectivity index (χ0) is 19.5. The lowest BCUT2D eigenvalue weighted by Gasteiger charge is -2.05. The molecule has 0 atom stereocenters. The van der Waals surface area contributed by atoms with Gasteiger partial charge in [0.2, 0.25) is 11.8 Å².